The fraction of sp³-hybridized carbons (Fsp3) is 0.500. The normalized spacial score (nSPS) is 12.7. The van der Waals surface area contributed by atoms with Gasteiger partial charge in [-0.05, 0) is 31.6 Å². The van der Waals surface area contributed by atoms with E-state index in [-0.39, 0.29) is 0 Å². The maximum absolute atomic E-state index is 10.9. The summed E-state index contributed by atoms with van der Waals surface area (Å²) >= 11 is 1.68. The molecule has 7 nitrogen and oxygen atoms in total. The molecule has 1 aromatic heterocycles. The highest BCUT2D eigenvalue weighted by Gasteiger charge is 2.14. The van der Waals surface area contributed by atoms with Crippen LogP contribution in [0.5, 0.6) is 0 Å². The van der Waals surface area contributed by atoms with Gasteiger partial charge in [0.1, 0.15) is 6.04 Å². The molecule has 1 aromatic carbocycles. The van der Waals surface area contributed by atoms with Crippen LogP contribution in [0, 0.1) is 0 Å². The first-order valence-corrected chi connectivity index (χ1v) is 8.79. The quantitative estimate of drug-likeness (QED) is 0.656. The average molecular weight is 351 g/mol. The van der Waals surface area contributed by atoms with Crippen molar-refractivity contribution in [3.63, 3.8) is 0 Å². The number of nitrogens with zero attached hydrogens (tertiary/aromatic N) is 4. The zero-order chi connectivity index (χ0) is 17.7. The molecule has 24 heavy (non-hydrogen) atoms. The van der Waals surface area contributed by atoms with Crippen LogP contribution in [0.2, 0.25) is 0 Å². The summed E-state index contributed by atoms with van der Waals surface area (Å²) in [6.07, 6.45) is 0.340. The molecule has 8 heteroatoms. The molecule has 0 bridgehead atoms. The van der Waals surface area contributed by atoms with Gasteiger partial charge in [-0.15, -0.1) is 5.10 Å². The molecule has 0 radical (unpaired) electrons. The molecule has 2 aromatic rings. The van der Waals surface area contributed by atoms with Gasteiger partial charge in [-0.1, -0.05) is 36.0 Å². The Morgan fingerprint density at radius 2 is 2.12 bits per heavy atom. The molecule has 0 amide bonds. The number of hydrogen-bond donors (Lipinski definition) is 2. The lowest BCUT2D eigenvalue weighted by atomic mass is 10.0. The lowest BCUT2D eigenvalue weighted by Gasteiger charge is -2.22. The van der Waals surface area contributed by atoms with Crippen LogP contribution in [0.25, 0.3) is 0 Å². The molecule has 1 heterocycles. The molecule has 3 N–H and O–H groups in total. The molecule has 1 atom stereocenters. The summed E-state index contributed by atoms with van der Waals surface area (Å²) in [4.78, 5) is 14.9. The molecule has 0 saturated heterocycles. The monoisotopic (exact) mass is 351 g/mol. The van der Waals surface area contributed by atoms with E-state index >= 15 is 0 Å². The van der Waals surface area contributed by atoms with Gasteiger partial charge in [0.25, 0.3) is 0 Å². The Labute approximate surface area is 146 Å². The van der Waals surface area contributed by atoms with Gasteiger partial charge in [0.2, 0.25) is 5.16 Å². The molecule has 0 aliphatic heterocycles. The number of hydrogen-bond acceptors (Lipinski definition) is 5. The molecule has 0 aliphatic carbocycles. The van der Waals surface area contributed by atoms with E-state index in [1.165, 1.54) is 0 Å². The third-order valence-corrected chi connectivity index (χ3v) is 4.72. The minimum Gasteiger partial charge on any atom is -0.480 e. The van der Waals surface area contributed by atoms with Crippen LogP contribution >= 0.6 is 11.8 Å². The Bertz CT molecular complexity index is 680. The first kappa shape index (κ1) is 18.6. The number of aromatic nitrogens is 3. The molecule has 2 rings (SSSR count). The zero-order valence-corrected chi connectivity index (χ0v) is 15.2. The van der Waals surface area contributed by atoms with Crippen molar-refractivity contribution in [2.45, 2.75) is 29.9 Å². The van der Waals surface area contributed by atoms with Crippen molar-refractivity contribution in [3.05, 3.63) is 35.4 Å². The van der Waals surface area contributed by atoms with Gasteiger partial charge < -0.3 is 15.7 Å². The third kappa shape index (κ3) is 5.12. The van der Waals surface area contributed by atoms with Crippen LogP contribution in [-0.2, 0) is 30.6 Å². The second-order valence-corrected chi connectivity index (χ2v) is 7.00. The molecular formula is C16H25N5O2S. The number of carboxylic acids is 1. The molecule has 0 spiro atoms. The van der Waals surface area contributed by atoms with Crippen molar-refractivity contribution < 1.29 is 9.90 Å². The smallest absolute Gasteiger partial charge is 0.320 e. The van der Waals surface area contributed by atoms with E-state index in [2.05, 4.69) is 28.8 Å². The van der Waals surface area contributed by atoms with E-state index in [9.17, 15) is 4.79 Å². The number of benzene rings is 1. The van der Waals surface area contributed by atoms with E-state index in [4.69, 9.17) is 10.8 Å². The van der Waals surface area contributed by atoms with Crippen LogP contribution in [0.4, 0.5) is 0 Å². The third-order valence-electron chi connectivity index (χ3n) is 3.69. The van der Waals surface area contributed by atoms with Crippen molar-refractivity contribution in [1.29, 1.82) is 0 Å². The lowest BCUT2D eigenvalue weighted by Crippen LogP contribution is -2.32. The Morgan fingerprint density at radius 1 is 1.42 bits per heavy atom. The fourth-order valence-electron chi connectivity index (χ4n) is 2.29. The Hall–Kier alpha value is -1.77. The lowest BCUT2D eigenvalue weighted by molar-refractivity contribution is -0.138. The molecular weight excluding hydrogens is 326 g/mol. The van der Waals surface area contributed by atoms with Crippen molar-refractivity contribution in [3.8, 4) is 0 Å². The number of thioether (sulfide) groups is 1. The largest absolute Gasteiger partial charge is 0.480 e. The van der Waals surface area contributed by atoms with E-state index in [1.807, 2.05) is 36.1 Å². The highest BCUT2D eigenvalue weighted by atomic mass is 32.2. The van der Waals surface area contributed by atoms with Crippen LogP contribution < -0.4 is 5.73 Å². The predicted molar refractivity (Wildman–Crippen MR) is 95.1 cm³/mol. The van der Waals surface area contributed by atoms with Crippen LogP contribution in [0.15, 0.2) is 29.4 Å². The standard InChI is InChI=1S/C16H25N5O2S/c1-19(2)7-8-21-16(18-20(21)3)24-11-13-6-4-5-12(9-13)10-14(17)15(22)23/h4-6,9,14H,7-8,10-11,17H2,1-3H3,(H,22,23). The summed E-state index contributed by atoms with van der Waals surface area (Å²) in [6, 6.07) is 7.05. The summed E-state index contributed by atoms with van der Waals surface area (Å²) in [5.74, 6) is -0.181. The van der Waals surface area contributed by atoms with Crippen LogP contribution in [-0.4, -0.2) is 57.2 Å². The minimum absolute atomic E-state index is 0.340. The minimum atomic E-state index is -0.974. The van der Waals surface area contributed by atoms with Crippen molar-refractivity contribution in [1.82, 2.24) is 19.5 Å². The van der Waals surface area contributed by atoms with Crippen molar-refractivity contribution >= 4 is 17.7 Å². The maximum atomic E-state index is 10.9. The highest BCUT2D eigenvalue weighted by molar-refractivity contribution is 7.98. The molecule has 0 aliphatic rings. The molecule has 132 valence electrons. The summed E-state index contributed by atoms with van der Waals surface area (Å²) in [5, 5.41) is 14.3. The average Bonchev–Trinajstić information content (AvgIpc) is 2.51. The van der Waals surface area contributed by atoms with E-state index in [0.717, 1.165) is 35.1 Å². The Morgan fingerprint density at radius 3 is 2.75 bits per heavy atom. The number of likely N-dealkylation sites (N-methyl/N-ethyl adjacent to an activating group) is 1. The van der Waals surface area contributed by atoms with Crippen LogP contribution in [0.1, 0.15) is 11.1 Å². The Kier molecular flexibility index (Phi) is 6.47. The van der Waals surface area contributed by atoms with E-state index in [0.29, 0.717) is 6.42 Å². The number of nitrogens with two attached hydrogens (primary N) is 1. The van der Waals surface area contributed by atoms with E-state index < -0.39 is 12.0 Å². The number of carbonyl (C=O) groups is 1. The zero-order valence-electron chi connectivity index (χ0n) is 14.3. The van der Waals surface area contributed by atoms with E-state index in [1.54, 1.807) is 11.8 Å². The summed E-state index contributed by atoms with van der Waals surface area (Å²) in [6.45, 7) is 1.87. The highest BCUT2D eigenvalue weighted by Crippen LogP contribution is 2.22. The molecule has 0 saturated carbocycles. The van der Waals surface area contributed by atoms with Crippen LogP contribution in [0.3, 0.4) is 0 Å². The second-order valence-electron chi connectivity index (χ2n) is 6.06. The topological polar surface area (TPSA) is 89.3 Å². The van der Waals surface area contributed by atoms with Gasteiger partial charge in [0, 0.05) is 19.3 Å². The molecule has 0 fully saturated rings. The first-order valence-electron chi connectivity index (χ1n) is 7.80. The molecule has 1 unspecified atom stereocenters. The van der Waals surface area contributed by atoms with Gasteiger partial charge in [-0.2, -0.15) is 0 Å². The first-order chi connectivity index (χ1) is 11.4. The second kappa shape index (κ2) is 8.36. The summed E-state index contributed by atoms with van der Waals surface area (Å²) < 4.78 is 2.15. The number of aryl methyl sites for hydroxylation is 1. The van der Waals surface area contributed by atoms with Gasteiger partial charge in [-0.25, -0.2) is 9.48 Å². The number of rotatable bonds is 9. The predicted octanol–water partition coefficient (Wildman–Crippen LogP) is 1.03. The number of carboxylic acid groups (broad SMARTS) is 1. The van der Waals surface area contributed by atoms with Crippen molar-refractivity contribution in [2.75, 3.05) is 20.6 Å². The summed E-state index contributed by atoms with van der Waals surface area (Å²) in [5.41, 5.74) is 7.69. The van der Waals surface area contributed by atoms with Gasteiger partial charge >= 0.3 is 5.97 Å². The maximum Gasteiger partial charge on any atom is 0.320 e. The number of aliphatic carboxylic acids is 1. The van der Waals surface area contributed by atoms with Crippen molar-refractivity contribution in [2.24, 2.45) is 12.8 Å². The van der Waals surface area contributed by atoms with Gasteiger partial charge in [0.05, 0.1) is 6.54 Å². The van der Waals surface area contributed by atoms with Gasteiger partial charge in [-0.3, -0.25) is 4.79 Å². The SMILES string of the molecule is CN(C)CCn1c(SCc2cccc(CC(N)C(=O)O)c2)nn1C. The summed E-state index contributed by atoms with van der Waals surface area (Å²) in [7, 11) is 6.04. The van der Waals surface area contributed by atoms with Gasteiger partial charge in [0.15, 0.2) is 0 Å². The fourth-order valence-corrected chi connectivity index (χ4v) is 3.30. The Balaban J connectivity index is 1.93.